The lowest BCUT2D eigenvalue weighted by Gasteiger charge is -2.19. The number of nitrogens with zero attached hydrogens (tertiary/aromatic N) is 2. The minimum atomic E-state index is -1.50. The standard InChI is InChI=1S/C22H14Br2O2.C16H10Br2N2O2.C16H10Br2O3S.C14H6Br2O4S.2C14H6Br2O3S2/c1-9-3-11-5-13-14(6-12(11)4-10(9)2)22(26)20-16(21(13)25)7-15-17(23)8-18(24)19(15)20;1-5-11-12(6(2)20-19-5)16(22)14-8(15(11)21)3-7-9(17)4-10(18)13(7)14;1-5-6(2)22(21)16-11(5)15(20)13-8(14(16)19)3-7-9(17)4-10(18)12(7)13;1-3-5-6(4(2)19-3)10(18)11-7(9(5)17)8-12(20-11)14(16)21-13(8)15;1-3-5-6(4(2)20-3)10(18)11-7(9(5)17)8-12(19-11)14(16)21-13(8)15;1-3-4(2)19-10-5(3)9(18)11-6(8(10)17)7-12(20-11)14(16)21-13(7)15/h3-6H,7-8H2,1-2H3;2*3-4H2,1-2H3;3*1-2H3. The molecule has 0 saturated carbocycles. The Morgan fingerprint density at radius 2 is 0.714 bits per heavy atom. The van der Waals surface area contributed by atoms with E-state index in [9.17, 15) is 61.7 Å². The molecule has 10 aromatic heterocycles. The van der Waals surface area contributed by atoms with Gasteiger partial charge < -0.3 is 17.7 Å². The number of carbonyl (C=O) groups is 12. The van der Waals surface area contributed by atoms with Gasteiger partial charge in [-0.25, -0.2) is 4.21 Å². The molecule has 0 spiro atoms. The van der Waals surface area contributed by atoms with Crippen molar-refractivity contribution < 1.29 is 79.4 Å². The van der Waals surface area contributed by atoms with Gasteiger partial charge in [0.2, 0.25) is 28.9 Å². The third kappa shape index (κ3) is 13.9. The molecular formula is C96H52Br12N2O17S6. The Morgan fingerprint density at radius 3 is 1.23 bits per heavy atom. The molecule has 0 amide bonds. The first-order valence-corrected chi connectivity index (χ1v) is 54.9. The minimum absolute atomic E-state index is 0.00951. The van der Waals surface area contributed by atoms with Crippen molar-refractivity contribution in [3.05, 3.63) is 306 Å². The van der Waals surface area contributed by atoms with E-state index in [1.165, 1.54) is 67.8 Å². The van der Waals surface area contributed by atoms with Gasteiger partial charge in [0, 0.05) is 163 Å². The van der Waals surface area contributed by atoms with Crippen LogP contribution in [-0.2, 0) is 20.4 Å². The number of benzene rings is 2. The van der Waals surface area contributed by atoms with E-state index in [1.807, 2.05) is 32.9 Å². The summed E-state index contributed by atoms with van der Waals surface area (Å²) in [6, 6.07) is 7.96. The number of rotatable bonds is 0. The largest absolute Gasteiger partial charge is 0.465 e. The van der Waals surface area contributed by atoms with Crippen molar-refractivity contribution in [3.63, 3.8) is 0 Å². The highest BCUT2D eigenvalue weighted by atomic mass is 79.9. The van der Waals surface area contributed by atoms with Crippen LogP contribution >= 0.6 is 248 Å². The number of fused-ring (bicyclic) bond motifs is 21. The van der Waals surface area contributed by atoms with Crippen LogP contribution in [0.25, 0.3) is 42.8 Å². The van der Waals surface area contributed by atoms with E-state index < -0.39 is 10.8 Å². The van der Waals surface area contributed by atoms with Crippen molar-refractivity contribution in [3.8, 4) is 0 Å². The van der Waals surface area contributed by atoms with Crippen LogP contribution in [0.4, 0.5) is 0 Å². The number of hydrogen-bond acceptors (Lipinski definition) is 24. The summed E-state index contributed by atoms with van der Waals surface area (Å²) in [4.78, 5) is 158. The van der Waals surface area contributed by atoms with Gasteiger partial charge in [-0.3, -0.25) is 57.5 Å². The van der Waals surface area contributed by atoms with Gasteiger partial charge in [-0.1, -0.05) is 108 Å². The lowest BCUT2D eigenvalue weighted by molar-refractivity contribution is -0.115. The van der Waals surface area contributed by atoms with Crippen molar-refractivity contribution in [1.82, 2.24) is 10.2 Å². The van der Waals surface area contributed by atoms with Gasteiger partial charge in [0.1, 0.15) is 29.8 Å². The maximum absolute atomic E-state index is 13.3. The summed E-state index contributed by atoms with van der Waals surface area (Å²) in [6.45, 7) is 21.8. The molecule has 1 unspecified atom stereocenters. The summed E-state index contributed by atoms with van der Waals surface area (Å²) in [5.41, 5.74) is 20.6. The number of hydrogen-bond donors (Lipinski definition) is 0. The van der Waals surface area contributed by atoms with Crippen molar-refractivity contribution in [2.24, 2.45) is 0 Å². The maximum atomic E-state index is 13.3. The zero-order valence-electron chi connectivity index (χ0n) is 70.4. The molecule has 13 aliphatic rings. The van der Waals surface area contributed by atoms with E-state index in [4.69, 9.17) is 17.7 Å². The highest BCUT2D eigenvalue weighted by Gasteiger charge is 2.52. The third-order valence-electron chi connectivity index (χ3n) is 25.7. The lowest BCUT2D eigenvalue weighted by atomic mass is 9.82. The van der Waals surface area contributed by atoms with Gasteiger partial charge in [-0.05, 0) is 235 Å². The predicted octanol–water partition coefficient (Wildman–Crippen LogP) is 29.9. The zero-order valence-corrected chi connectivity index (χ0v) is 94.3. The van der Waals surface area contributed by atoms with Crippen molar-refractivity contribution in [2.75, 3.05) is 0 Å². The van der Waals surface area contributed by atoms with E-state index in [0.29, 0.717) is 197 Å². The fourth-order valence-electron chi connectivity index (χ4n) is 19.2. The Hall–Kier alpha value is -6.73. The number of allylic oxidation sites excluding steroid dienone is 22. The summed E-state index contributed by atoms with van der Waals surface area (Å²) in [7, 11) is -1.50. The second kappa shape index (κ2) is 33.8. The highest BCUT2D eigenvalue weighted by molar-refractivity contribution is 9.14. The molecule has 0 bridgehead atoms. The summed E-state index contributed by atoms with van der Waals surface area (Å²) >= 11 is 49.2. The Morgan fingerprint density at radius 1 is 0.308 bits per heavy atom. The first-order valence-electron chi connectivity index (χ1n) is 40.2. The van der Waals surface area contributed by atoms with Gasteiger partial charge in [-0.15, -0.1) is 56.7 Å². The number of aromatic nitrogens is 2. The molecule has 1 atom stereocenters. The van der Waals surface area contributed by atoms with Gasteiger partial charge in [-0.2, -0.15) is 10.2 Å². The molecule has 11 heterocycles. The zero-order chi connectivity index (χ0) is 95.2. The molecule has 12 aromatic rings. The Balaban J connectivity index is 0.0000000994. The number of Topliss-reactive ketones (excluding diaryl/α,β-unsaturated/α-hetero) is 6. The van der Waals surface area contributed by atoms with Gasteiger partial charge >= 0.3 is 0 Å². The van der Waals surface area contributed by atoms with Crippen molar-refractivity contribution >= 4 is 371 Å². The number of furan rings is 4. The molecule has 37 heteroatoms. The quantitative estimate of drug-likeness (QED) is 0.127. The number of halogens is 12. The van der Waals surface area contributed by atoms with Crippen LogP contribution in [0.2, 0.25) is 0 Å². The molecular weight excluding hydrogens is 2600 g/mol. The molecule has 19 nitrogen and oxygen atoms in total. The Kier molecular flexibility index (Phi) is 23.9. The third-order valence-corrected chi connectivity index (χ3v) is 41.7. The normalized spacial score (nSPS) is 18.2. The average molecular weight is 2660 g/mol. The molecule has 0 fully saturated rings. The van der Waals surface area contributed by atoms with Crippen molar-refractivity contribution in [2.45, 2.75) is 122 Å². The first kappa shape index (κ1) is 93.9. The lowest BCUT2D eigenvalue weighted by Crippen LogP contribution is -2.24. The molecule has 12 aliphatic carbocycles. The van der Waals surface area contributed by atoms with Crippen molar-refractivity contribution in [1.29, 1.82) is 0 Å². The topological polar surface area (TPSA) is 300 Å². The van der Waals surface area contributed by atoms with Crippen LogP contribution in [0.3, 0.4) is 0 Å². The molecule has 0 radical (unpaired) electrons. The maximum Gasteiger partial charge on any atom is 0.233 e. The van der Waals surface area contributed by atoms with Crippen LogP contribution in [0.1, 0.15) is 244 Å². The summed E-state index contributed by atoms with van der Waals surface area (Å²) < 4.78 is 46.6. The highest BCUT2D eigenvalue weighted by Crippen LogP contribution is 2.60. The monoisotopic (exact) mass is 2640 g/mol. The van der Waals surface area contributed by atoms with E-state index in [2.05, 4.69) is 227 Å². The van der Waals surface area contributed by atoms with Gasteiger partial charge in [0.25, 0.3) is 0 Å². The van der Waals surface area contributed by atoms with Crippen LogP contribution in [-0.4, -0.2) is 83.8 Å². The van der Waals surface area contributed by atoms with E-state index >= 15 is 0 Å². The predicted molar refractivity (Wildman–Crippen MR) is 555 cm³/mol. The molecule has 1 aliphatic heterocycles. The number of carbonyl (C=O) groups excluding carboxylic acids is 12. The van der Waals surface area contributed by atoms with Crippen LogP contribution in [0, 0.1) is 69.2 Å². The average Bonchev–Trinajstić information content (AvgIpc) is 1.60. The fourth-order valence-corrected chi connectivity index (χ4v) is 37.4. The molecule has 0 saturated heterocycles. The second-order valence-electron chi connectivity index (χ2n) is 32.9. The van der Waals surface area contributed by atoms with Crippen LogP contribution in [0.5, 0.6) is 0 Å². The fraction of sp³-hybridized carbons (Fsp3) is 0.188. The number of ketones is 12. The molecule has 133 heavy (non-hydrogen) atoms. The smallest absolute Gasteiger partial charge is 0.233 e. The van der Waals surface area contributed by atoms with Gasteiger partial charge in [0.15, 0.2) is 68.9 Å². The Bertz CT molecular complexity index is 8250. The Labute approximate surface area is 876 Å². The number of aryl methyl sites for hydroxylation is 9. The molecule has 0 N–H and O–H groups in total. The first-order chi connectivity index (χ1) is 62.9. The molecule has 668 valence electrons. The SMILES string of the molecule is CC1=C(C)S(=O)C2=C1C(=O)C1=C(CC3=C(Br)CC(Br)=C31)C2=O.Cc1cc2cc3c(cc2cc1C)C(=O)C1=C(CC2=C(Br)CC(Br)=C21)C3=O.Cc1nnc(C)c2c1C(=O)C1=C(C2=O)C2=C(Br)CC(Br)=C2C1.Cc1oc(C)c2c1C(=O)c1oc3c(Br)sc(Br)c3c1C2=O.Cc1oc2c(c1C)C(=O)c1sc3c(Br)sc(Br)c3c1C2=O.Cc1sc(C)c2c1C(=O)c1oc3c(Br)sc(Br)c3c1C2=O. The summed E-state index contributed by atoms with van der Waals surface area (Å²) in [6.07, 6.45) is 3.69. The summed E-state index contributed by atoms with van der Waals surface area (Å²) in [5, 5.41) is 12.2. The molecule has 2 aromatic carbocycles. The molecule has 25 rings (SSSR count). The van der Waals surface area contributed by atoms with E-state index in [0.717, 1.165) is 132 Å². The van der Waals surface area contributed by atoms with Crippen LogP contribution < -0.4 is 0 Å². The number of thiophene rings is 5. The van der Waals surface area contributed by atoms with E-state index in [-0.39, 0.29) is 91.6 Å². The van der Waals surface area contributed by atoms with E-state index in [1.54, 1.807) is 48.5 Å². The second-order valence-corrected chi connectivity index (χ2v) is 53.6. The minimum Gasteiger partial charge on any atom is -0.465 e. The summed E-state index contributed by atoms with van der Waals surface area (Å²) in [5.74, 6) is 0.203. The van der Waals surface area contributed by atoms with Crippen LogP contribution in [0.15, 0.2) is 179 Å². The van der Waals surface area contributed by atoms with Gasteiger partial charge in [0.05, 0.1) is 108 Å².